The van der Waals surface area contributed by atoms with Crippen LogP contribution in [0.2, 0.25) is 0 Å². The lowest BCUT2D eigenvalue weighted by atomic mass is 10.1. The fraction of sp³-hybridized carbons (Fsp3) is 0.0476. The Morgan fingerprint density at radius 2 is 1.18 bits per heavy atom. The zero-order valence-electron chi connectivity index (χ0n) is 14.8. The lowest BCUT2D eigenvalue weighted by Gasteiger charge is -2.19. The second-order valence-electron chi connectivity index (χ2n) is 6.00. The third-order valence-electron chi connectivity index (χ3n) is 3.95. The Kier molecular flexibility index (Phi) is 6.57. The Hall–Kier alpha value is -2.12. The molecule has 1 aliphatic heterocycles. The van der Waals surface area contributed by atoms with E-state index >= 15 is 0 Å². The minimum Gasteiger partial charge on any atom is -0.418 e. The van der Waals surface area contributed by atoms with E-state index in [-0.39, 0.29) is 10.9 Å². The highest BCUT2D eigenvalue weighted by molar-refractivity contribution is 8.04. The molecule has 0 saturated carbocycles. The molecule has 0 atom stereocenters. The molecule has 3 aromatic rings. The van der Waals surface area contributed by atoms with E-state index in [1.54, 1.807) is 0 Å². The van der Waals surface area contributed by atoms with Crippen LogP contribution in [0, 0.1) is 0 Å². The van der Waals surface area contributed by atoms with E-state index in [1.165, 1.54) is 30.7 Å². The Balaban J connectivity index is 0.000000403. The molecule has 0 radical (unpaired) electrons. The standard InChI is InChI=1S/C21H17S2.BF4/c1-16(17-9-3-2-4-10-17)15-23-20-13-7-5-11-18(20)22-19-12-6-8-14-21(19)23;2-1(3,4)5/h2-14H,1,15H2;/q+1;-1. The second kappa shape index (κ2) is 8.92. The number of hydrogen-bond acceptors (Lipinski definition) is 1. The number of rotatable bonds is 3. The van der Waals surface area contributed by atoms with Gasteiger partial charge in [0, 0.05) is 5.57 Å². The summed E-state index contributed by atoms with van der Waals surface area (Å²) in [7, 11) is -5.95. The molecule has 7 heteroatoms. The van der Waals surface area contributed by atoms with Gasteiger partial charge in [-0.3, -0.25) is 0 Å². The van der Waals surface area contributed by atoms with E-state index in [4.69, 9.17) is 0 Å². The normalized spacial score (nSPS) is 13.0. The van der Waals surface area contributed by atoms with Gasteiger partial charge in [-0.05, 0) is 29.8 Å². The average molecular weight is 420 g/mol. The Morgan fingerprint density at radius 3 is 1.68 bits per heavy atom. The molecule has 144 valence electrons. The fourth-order valence-electron chi connectivity index (χ4n) is 2.80. The summed E-state index contributed by atoms with van der Waals surface area (Å²) in [6.07, 6.45) is 0. The maximum absolute atomic E-state index is 9.75. The van der Waals surface area contributed by atoms with Crippen molar-refractivity contribution < 1.29 is 17.3 Å². The first-order valence-corrected chi connectivity index (χ1v) is 10.7. The molecule has 0 unspecified atom stereocenters. The molecule has 0 amide bonds. The molecule has 0 N–H and O–H groups in total. The summed E-state index contributed by atoms with van der Waals surface area (Å²) in [4.78, 5) is 5.67. The molecule has 1 heterocycles. The van der Waals surface area contributed by atoms with E-state index in [1.807, 2.05) is 11.8 Å². The van der Waals surface area contributed by atoms with Crippen molar-refractivity contribution in [1.29, 1.82) is 0 Å². The Morgan fingerprint density at radius 1 is 0.750 bits per heavy atom. The van der Waals surface area contributed by atoms with E-state index in [2.05, 4.69) is 85.4 Å². The summed E-state index contributed by atoms with van der Waals surface area (Å²) in [6, 6.07) is 28.1. The van der Waals surface area contributed by atoms with Gasteiger partial charge in [0.25, 0.3) is 0 Å². The molecule has 0 spiro atoms. The predicted octanol–water partition coefficient (Wildman–Crippen LogP) is 7.20. The summed E-state index contributed by atoms with van der Waals surface area (Å²) in [5.74, 6) is 0.985. The molecule has 0 nitrogen and oxygen atoms in total. The van der Waals surface area contributed by atoms with Crippen LogP contribution in [0.5, 0.6) is 0 Å². The maximum Gasteiger partial charge on any atom is 0.673 e. The topological polar surface area (TPSA) is 0 Å². The molecule has 0 saturated heterocycles. The molecule has 28 heavy (non-hydrogen) atoms. The van der Waals surface area contributed by atoms with Crippen molar-refractivity contribution in [3.8, 4) is 0 Å². The highest BCUT2D eigenvalue weighted by atomic mass is 32.2. The van der Waals surface area contributed by atoms with E-state index in [0.29, 0.717) is 0 Å². The minimum atomic E-state index is -6.00. The van der Waals surface area contributed by atoms with Gasteiger partial charge in [0.15, 0.2) is 9.79 Å². The fourth-order valence-corrected chi connectivity index (χ4v) is 6.69. The van der Waals surface area contributed by atoms with Crippen molar-refractivity contribution in [1.82, 2.24) is 0 Å². The third-order valence-corrected chi connectivity index (χ3v) is 7.77. The number of halogens is 4. The molecule has 0 fully saturated rings. The Labute approximate surface area is 169 Å². The number of hydrogen-bond donors (Lipinski definition) is 0. The van der Waals surface area contributed by atoms with Gasteiger partial charge in [-0.1, -0.05) is 72.9 Å². The quantitative estimate of drug-likeness (QED) is 0.245. The lowest BCUT2D eigenvalue weighted by molar-refractivity contribution is 0.368. The molecule has 3 aromatic carbocycles. The summed E-state index contributed by atoms with van der Waals surface area (Å²) in [5, 5.41) is 0. The van der Waals surface area contributed by atoms with Gasteiger partial charge in [0.1, 0.15) is 5.75 Å². The second-order valence-corrected chi connectivity index (χ2v) is 9.03. The van der Waals surface area contributed by atoms with E-state index in [0.717, 1.165) is 5.75 Å². The summed E-state index contributed by atoms with van der Waals surface area (Å²) in [5.41, 5.74) is 2.46. The zero-order valence-corrected chi connectivity index (χ0v) is 16.5. The summed E-state index contributed by atoms with van der Waals surface area (Å²) >= 11 is 1.89. The van der Waals surface area contributed by atoms with Gasteiger partial charge in [0.05, 0.1) is 20.7 Å². The van der Waals surface area contributed by atoms with Crippen molar-refractivity contribution in [2.45, 2.75) is 19.6 Å². The number of benzene rings is 3. The van der Waals surface area contributed by atoms with Crippen molar-refractivity contribution in [3.63, 3.8) is 0 Å². The van der Waals surface area contributed by atoms with Crippen molar-refractivity contribution >= 4 is 35.5 Å². The van der Waals surface area contributed by atoms with Gasteiger partial charge in [-0.2, -0.15) is 0 Å². The van der Waals surface area contributed by atoms with E-state index in [9.17, 15) is 17.3 Å². The van der Waals surface area contributed by atoms with Crippen LogP contribution in [0.4, 0.5) is 17.3 Å². The van der Waals surface area contributed by atoms with Crippen molar-refractivity contribution in [3.05, 3.63) is 91.0 Å². The van der Waals surface area contributed by atoms with Crippen LogP contribution in [-0.4, -0.2) is 13.0 Å². The van der Waals surface area contributed by atoms with Crippen LogP contribution in [0.1, 0.15) is 5.56 Å². The summed E-state index contributed by atoms with van der Waals surface area (Å²) in [6.45, 7) is 4.37. The predicted molar refractivity (Wildman–Crippen MR) is 111 cm³/mol. The maximum atomic E-state index is 9.75. The molecule has 0 aliphatic carbocycles. The summed E-state index contributed by atoms with van der Waals surface area (Å²) < 4.78 is 39.0. The molecule has 1 aliphatic rings. The van der Waals surface area contributed by atoms with E-state index < -0.39 is 7.25 Å². The highest BCUT2D eigenvalue weighted by Crippen LogP contribution is 2.46. The smallest absolute Gasteiger partial charge is 0.418 e. The van der Waals surface area contributed by atoms with Crippen LogP contribution in [0.25, 0.3) is 5.57 Å². The van der Waals surface area contributed by atoms with Gasteiger partial charge in [-0.15, -0.1) is 0 Å². The van der Waals surface area contributed by atoms with Crippen LogP contribution in [0.15, 0.2) is 105 Å². The third kappa shape index (κ3) is 5.46. The lowest BCUT2D eigenvalue weighted by Crippen LogP contribution is -2.15. The first kappa shape index (κ1) is 20.6. The van der Waals surface area contributed by atoms with Crippen LogP contribution in [-0.2, 0) is 10.9 Å². The monoisotopic (exact) mass is 420 g/mol. The van der Waals surface area contributed by atoms with Gasteiger partial charge < -0.3 is 17.3 Å². The SMILES string of the molecule is C=C(C[S+]1c2ccccc2Sc2ccccc21)c1ccccc1.F[B-](F)(F)F. The van der Waals surface area contributed by atoms with Crippen molar-refractivity contribution in [2.75, 3.05) is 5.75 Å². The molecule has 0 bridgehead atoms. The van der Waals surface area contributed by atoms with Crippen LogP contribution in [0.3, 0.4) is 0 Å². The largest absolute Gasteiger partial charge is 0.673 e. The average Bonchev–Trinajstić information content (AvgIpc) is 2.67. The van der Waals surface area contributed by atoms with Gasteiger partial charge in [0.2, 0.25) is 0 Å². The van der Waals surface area contributed by atoms with Gasteiger partial charge in [-0.25, -0.2) is 0 Å². The van der Waals surface area contributed by atoms with Gasteiger partial charge >= 0.3 is 7.25 Å². The molecule has 4 rings (SSSR count). The Bertz CT molecular complexity index is 906. The first-order chi connectivity index (χ1) is 13.3. The molecular weight excluding hydrogens is 403 g/mol. The van der Waals surface area contributed by atoms with Crippen molar-refractivity contribution in [2.24, 2.45) is 0 Å². The number of fused-ring (bicyclic) bond motifs is 2. The minimum absolute atomic E-state index is 0.0545. The molecular formula is C21H17BF4S2. The van der Waals surface area contributed by atoms with Crippen LogP contribution < -0.4 is 0 Å². The van der Waals surface area contributed by atoms with Crippen LogP contribution >= 0.6 is 11.8 Å². The highest BCUT2D eigenvalue weighted by Gasteiger charge is 2.35. The first-order valence-electron chi connectivity index (χ1n) is 8.50. The zero-order chi connectivity index (χ0) is 20.1. The molecule has 0 aromatic heterocycles.